The molecule has 2 heterocycles. The van der Waals surface area contributed by atoms with Gasteiger partial charge in [0, 0.05) is 36.3 Å². The monoisotopic (exact) mass is 227 g/mol. The Hall–Kier alpha value is -2.30. The molecule has 2 aromatic rings. The molecule has 1 aromatic carbocycles. The summed E-state index contributed by atoms with van der Waals surface area (Å²) in [5, 5.41) is 3.19. The second kappa shape index (κ2) is 3.62. The highest BCUT2D eigenvalue weighted by Crippen LogP contribution is 2.25. The quantitative estimate of drug-likeness (QED) is 0.768. The number of imidazole rings is 1. The van der Waals surface area contributed by atoms with Crippen molar-refractivity contribution in [1.29, 1.82) is 0 Å². The summed E-state index contributed by atoms with van der Waals surface area (Å²) in [6.07, 6.45) is 3.70. The van der Waals surface area contributed by atoms with Crippen LogP contribution in [0.4, 0.5) is 5.69 Å². The van der Waals surface area contributed by atoms with Crippen molar-refractivity contribution in [3.8, 4) is 11.4 Å². The number of aromatic nitrogens is 2. The second-order valence-electron chi connectivity index (χ2n) is 4.00. The number of rotatable bonds is 1. The normalized spacial score (nSPS) is 13.8. The van der Waals surface area contributed by atoms with Crippen LogP contribution in [-0.4, -0.2) is 22.1 Å². The summed E-state index contributed by atoms with van der Waals surface area (Å²) in [6, 6.07) is 6.07. The van der Waals surface area contributed by atoms with E-state index < -0.39 is 0 Å². The summed E-state index contributed by atoms with van der Waals surface area (Å²) in [4.78, 5) is 8.49. The molecule has 1 aromatic heterocycles. The van der Waals surface area contributed by atoms with Gasteiger partial charge in [-0.3, -0.25) is 0 Å². The van der Waals surface area contributed by atoms with E-state index in [-0.39, 0.29) is 0 Å². The first-order valence-electron chi connectivity index (χ1n) is 5.41. The number of nitrogens with one attached hydrogen (secondary N) is 1. The van der Waals surface area contributed by atoms with Gasteiger partial charge in [0.15, 0.2) is 0 Å². The molecule has 1 aliphatic rings. The van der Waals surface area contributed by atoms with E-state index in [0.29, 0.717) is 12.5 Å². The Labute approximate surface area is 99.0 Å². The molecule has 5 nitrogen and oxygen atoms in total. The maximum Gasteiger partial charge on any atom is 0.139 e. The number of amidine groups is 1. The molecule has 17 heavy (non-hydrogen) atoms. The van der Waals surface area contributed by atoms with Crippen LogP contribution >= 0.6 is 0 Å². The summed E-state index contributed by atoms with van der Waals surface area (Å²) in [5.41, 5.74) is 8.89. The number of hydrogen-bond donors (Lipinski definition) is 2. The van der Waals surface area contributed by atoms with Crippen LogP contribution in [0.15, 0.2) is 35.6 Å². The topological polar surface area (TPSA) is 68.2 Å². The van der Waals surface area contributed by atoms with Crippen molar-refractivity contribution < 1.29 is 0 Å². The lowest BCUT2D eigenvalue weighted by Crippen LogP contribution is -2.22. The molecular weight excluding hydrogens is 214 g/mol. The Morgan fingerprint density at radius 1 is 1.41 bits per heavy atom. The average Bonchev–Trinajstić information content (AvgIpc) is 2.76. The Morgan fingerprint density at radius 3 is 3.06 bits per heavy atom. The summed E-state index contributed by atoms with van der Waals surface area (Å²) < 4.78 is 1.98. The van der Waals surface area contributed by atoms with Crippen LogP contribution in [0.2, 0.25) is 0 Å². The summed E-state index contributed by atoms with van der Waals surface area (Å²) in [5.74, 6) is 1.50. The third-order valence-electron chi connectivity index (χ3n) is 2.89. The second-order valence-corrected chi connectivity index (χ2v) is 4.00. The predicted octanol–water partition coefficient (Wildman–Crippen LogP) is 1.18. The molecular formula is C12H13N5. The molecule has 0 radical (unpaired) electrons. The molecule has 3 N–H and O–H groups in total. The largest absolute Gasteiger partial charge is 0.383 e. The first kappa shape index (κ1) is 9.89. The van der Waals surface area contributed by atoms with Crippen LogP contribution in [0.1, 0.15) is 5.56 Å². The minimum Gasteiger partial charge on any atom is -0.383 e. The van der Waals surface area contributed by atoms with Crippen LogP contribution in [0.5, 0.6) is 0 Å². The summed E-state index contributed by atoms with van der Waals surface area (Å²) in [6.45, 7) is 0.542. The fourth-order valence-corrected chi connectivity index (χ4v) is 1.99. The number of nitrogens with zero attached hydrogens (tertiary/aromatic N) is 3. The van der Waals surface area contributed by atoms with E-state index in [1.165, 1.54) is 0 Å². The van der Waals surface area contributed by atoms with Gasteiger partial charge in [-0.1, -0.05) is 0 Å². The molecule has 3 rings (SSSR count). The Bertz CT molecular complexity index is 597. The van der Waals surface area contributed by atoms with Crippen molar-refractivity contribution in [1.82, 2.24) is 9.55 Å². The van der Waals surface area contributed by atoms with Gasteiger partial charge in [0.1, 0.15) is 18.3 Å². The molecule has 0 saturated carbocycles. The van der Waals surface area contributed by atoms with E-state index in [2.05, 4.69) is 15.3 Å². The molecule has 0 amide bonds. The first-order chi connectivity index (χ1) is 8.25. The van der Waals surface area contributed by atoms with Crippen LogP contribution in [0.25, 0.3) is 11.4 Å². The van der Waals surface area contributed by atoms with Gasteiger partial charge in [-0.05, 0) is 18.2 Å². The van der Waals surface area contributed by atoms with E-state index >= 15 is 0 Å². The average molecular weight is 227 g/mol. The van der Waals surface area contributed by atoms with E-state index in [4.69, 9.17) is 5.73 Å². The van der Waals surface area contributed by atoms with Crippen molar-refractivity contribution in [2.45, 2.75) is 0 Å². The first-order valence-corrected chi connectivity index (χ1v) is 5.41. The fraction of sp³-hybridized carbons (Fsp3) is 0.167. The van der Waals surface area contributed by atoms with Crippen molar-refractivity contribution in [3.63, 3.8) is 0 Å². The highest BCUT2D eigenvalue weighted by molar-refractivity contribution is 6.04. The van der Waals surface area contributed by atoms with E-state index in [1.54, 1.807) is 6.20 Å². The van der Waals surface area contributed by atoms with Crippen LogP contribution < -0.4 is 11.1 Å². The Kier molecular flexibility index (Phi) is 2.11. The highest BCUT2D eigenvalue weighted by Gasteiger charge is 2.13. The van der Waals surface area contributed by atoms with Gasteiger partial charge in [-0.15, -0.1) is 0 Å². The summed E-state index contributed by atoms with van der Waals surface area (Å²) >= 11 is 0. The number of hydrogen-bond acceptors (Lipinski definition) is 4. The molecule has 86 valence electrons. The molecule has 0 saturated heterocycles. The van der Waals surface area contributed by atoms with Gasteiger partial charge in [-0.25, -0.2) is 9.98 Å². The van der Waals surface area contributed by atoms with E-state index in [1.807, 2.05) is 36.0 Å². The minimum absolute atomic E-state index is 0.542. The molecule has 1 aliphatic heterocycles. The van der Waals surface area contributed by atoms with Gasteiger partial charge in [0.25, 0.3) is 0 Å². The Morgan fingerprint density at radius 2 is 2.29 bits per heavy atom. The van der Waals surface area contributed by atoms with E-state index in [0.717, 1.165) is 22.6 Å². The number of aryl methyl sites for hydroxylation is 1. The van der Waals surface area contributed by atoms with Crippen molar-refractivity contribution >= 4 is 11.5 Å². The molecule has 0 bridgehead atoms. The molecule has 0 atom stereocenters. The highest BCUT2D eigenvalue weighted by atomic mass is 15.1. The van der Waals surface area contributed by atoms with Crippen LogP contribution in [0.3, 0.4) is 0 Å². The molecule has 0 spiro atoms. The lowest BCUT2D eigenvalue weighted by atomic mass is 10.1. The van der Waals surface area contributed by atoms with Crippen molar-refractivity contribution in [2.24, 2.45) is 17.8 Å². The van der Waals surface area contributed by atoms with Crippen LogP contribution in [-0.2, 0) is 7.05 Å². The third kappa shape index (κ3) is 1.56. The van der Waals surface area contributed by atoms with Gasteiger partial charge in [0.05, 0.1) is 0 Å². The number of anilines is 1. The third-order valence-corrected chi connectivity index (χ3v) is 2.89. The Balaban J connectivity index is 2.14. The molecule has 0 unspecified atom stereocenters. The standard InChI is InChI=1S/C12H13N5/c1-17-5-4-14-12(17)8-2-3-10-9(6-8)11(13)16-7-15-10/h2-6,15H,7H2,1H3,(H2,13,16). The molecule has 5 heteroatoms. The van der Waals surface area contributed by atoms with Crippen molar-refractivity contribution in [3.05, 3.63) is 36.2 Å². The molecule has 0 fully saturated rings. The lowest BCUT2D eigenvalue weighted by Gasteiger charge is -2.16. The predicted molar refractivity (Wildman–Crippen MR) is 67.9 cm³/mol. The lowest BCUT2D eigenvalue weighted by molar-refractivity contribution is 0.924. The van der Waals surface area contributed by atoms with Gasteiger partial charge in [-0.2, -0.15) is 0 Å². The summed E-state index contributed by atoms with van der Waals surface area (Å²) in [7, 11) is 1.97. The number of aliphatic imine (C=N–C) groups is 1. The molecule has 0 aliphatic carbocycles. The van der Waals surface area contributed by atoms with Crippen molar-refractivity contribution in [2.75, 3.05) is 12.0 Å². The maximum absolute atomic E-state index is 5.89. The van der Waals surface area contributed by atoms with Gasteiger partial charge >= 0.3 is 0 Å². The van der Waals surface area contributed by atoms with E-state index in [9.17, 15) is 0 Å². The zero-order valence-corrected chi connectivity index (χ0v) is 9.51. The zero-order valence-electron chi connectivity index (χ0n) is 9.51. The number of nitrogens with two attached hydrogens (primary N) is 1. The smallest absolute Gasteiger partial charge is 0.139 e. The van der Waals surface area contributed by atoms with Gasteiger partial charge in [0.2, 0.25) is 0 Å². The zero-order chi connectivity index (χ0) is 11.8. The minimum atomic E-state index is 0.542. The maximum atomic E-state index is 5.89. The van der Waals surface area contributed by atoms with Gasteiger partial charge < -0.3 is 15.6 Å². The number of fused-ring (bicyclic) bond motifs is 1. The SMILES string of the molecule is Cn1ccnc1-c1ccc2c(c1)C(N)=NCN2. The fourth-order valence-electron chi connectivity index (χ4n) is 1.99. The number of benzene rings is 1. The van der Waals surface area contributed by atoms with Crippen LogP contribution in [0, 0.1) is 0 Å².